The minimum absolute atomic E-state index is 0.0888. The van der Waals surface area contributed by atoms with Crippen molar-refractivity contribution in [3.05, 3.63) is 87.9 Å². The first kappa shape index (κ1) is 21.9. The number of benzene rings is 3. The molecule has 0 aromatic heterocycles. The van der Waals surface area contributed by atoms with Crippen LogP contribution in [0, 0.1) is 0 Å². The first-order valence-corrected chi connectivity index (χ1v) is 11.0. The standard InChI is InChI=1S/C25H22BrNO5/c26-20-6-2-1-5-19(20)25(30)27-21(14-16-8-10-18(28)11-9-16)22(29)15-17-4-3-7-23-24(17)32-13-12-31-23/h1-11,21,28H,12-15H2,(H,27,30). The highest BCUT2D eigenvalue weighted by Crippen LogP contribution is 2.34. The van der Waals surface area contributed by atoms with E-state index in [0.29, 0.717) is 41.2 Å². The Bertz CT molecular complexity index is 1130. The molecule has 7 heteroatoms. The maximum Gasteiger partial charge on any atom is 0.253 e. The van der Waals surface area contributed by atoms with Gasteiger partial charge in [0.25, 0.3) is 5.91 Å². The fraction of sp³-hybridized carbons (Fsp3) is 0.200. The van der Waals surface area contributed by atoms with E-state index >= 15 is 0 Å². The van der Waals surface area contributed by atoms with E-state index < -0.39 is 6.04 Å². The summed E-state index contributed by atoms with van der Waals surface area (Å²) < 4.78 is 12.0. The zero-order valence-corrected chi connectivity index (χ0v) is 18.8. The number of phenols is 1. The second kappa shape index (κ2) is 9.87. The molecule has 0 bridgehead atoms. The summed E-state index contributed by atoms with van der Waals surface area (Å²) in [4.78, 5) is 26.3. The van der Waals surface area contributed by atoms with E-state index in [2.05, 4.69) is 21.2 Å². The van der Waals surface area contributed by atoms with E-state index in [9.17, 15) is 14.7 Å². The van der Waals surface area contributed by atoms with E-state index in [-0.39, 0.29) is 23.9 Å². The third-order valence-electron chi connectivity index (χ3n) is 5.20. The molecule has 6 nitrogen and oxygen atoms in total. The first-order chi connectivity index (χ1) is 15.5. The number of Topliss-reactive ketones (excluding diaryl/α,β-unsaturated/α-hetero) is 1. The summed E-state index contributed by atoms with van der Waals surface area (Å²) >= 11 is 3.39. The number of rotatable bonds is 7. The highest BCUT2D eigenvalue weighted by atomic mass is 79.9. The van der Waals surface area contributed by atoms with Crippen molar-refractivity contribution < 1.29 is 24.2 Å². The SMILES string of the molecule is O=C(NC(Cc1ccc(O)cc1)C(=O)Cc1cccc2c1OCCO2)c1ccccc1Br. The lowest BCUT2D eigenvalue weighted by atomic mass is 9.96. The number of phenolic OH excluding ortho intramolecular Hbond substituents is 1. The minimum Gasteiger partial charge on any atom is -0.508 e. The lowest BCUT2D eigenvalue weighted by molar-refractivity contribution is -0.120. The molecule has 2 N–H and O–H groups in total. The largest absolute Gasteiger partial charge is 0.508 e. The Kier molecular flexibility index (Phi) is 6.75. The van der Waals surface area contributed by atoms with Gasteiger partial charge in [-0.25, -0.2) is 0 Å². The van der Waals surface area contributed by atoms with E-state index in [1.165, 1.54) is 0 Å². The number of carbonyl (C=O) groups is 2. The van der Waals surface area contributed by atoms with Gasteiger partial charge in [0.1, 0.15) is 19.0 Å². The van der Waals surface area contributed by atoms with Crippen molar-refractivity contribution in [2.45, 2.75) is 18.9 Å². The van der Waals surface area contributed by atoms with Gasteiger partial charge >= 0.3 is 0 Å². The molecule has 3 aromatic rings. The predicted octanol–water partition coefficient (Wildman–Crippen LogP) is 4.08. The molecule has 1 unspecified atom stereocenters. The van der Waals surface area contributed by atoms with Crippen LogP contribution in [0.2, 0.25) is 0 Å². The van der Waals surface area contributed by atoms with Gasteiger partial charge in [-0.3, -0.25) is 9.59 Å². The third kappa shape index (κ3) is 5.11. The highest BCUT2D eigenvalue weighted by molar-refractivity contribution is 9.10. The molecule has 1 heterocycles. The van der Waals surface area contributed by atoms with Gasteiger partial charge in [0.15, 0.2) is 17.3 Å². The summed E-state index contributed by atoms with van der Waals surface area (Å²) in [5.41, 5.74) is 1.99. The number of amides is 1. The Morgan fingerprint density at radius 1 is 0.969 bits per heavy atom. The average molecular weight is 496 g/mol. The molecule has 164 valence electrons. The van der Waals surface area contributed by atoms with Crippen molar-refractivity contribution in [2.24, 2.45) is 0 Å². The van der Waals surface area contributed by atoms with Crippen molar-refractivity contribution >= 4 is 27.6 Å². The van der Waals surface area contributed by atoms with Crippen LogP contribution in [-0.4, -0.2) is 36.1 Å². The van der Waals surface area contributed by atoms with E-state index in [1.54, 1.807) is 42.5 Å². The summed E-state index contributed by atoms with van der Waals surface area (Å²) in [6.07, 6.45) is 0.382. The Morgan fingerprint density at radius 2 is 1.72 bits per heavy atom. The van der Waals surface area contributed by atoms with Crippen LogP contribution in [0.1, 0.15) is 21.5 Å². The molecule has 32 heavy (non-hydrogen) atoms. The number of ether oxygens (including phenoxy) is 2. The van der Waals surface area contributed by atoms with Gasteiger partial charge in [-0.1, -0.05) is 36.4 Å². The summed E-state index contributed by atoms with van der Waals surface area (Å²) in [5, 5.41) is 12.4. The number of hydrogen-bond donors (Lipinski definition) is 2. The minimum atomic E-state index is -0.764. The number of nitrogens with one attached hydrogen (secondary N) is 1. The van der Waals surface area contributed by atoms with Crippen LogP contribution in [0.5, 0.6) is 17.2 Å². The highest BCUT2D eigenvalue weighted by Gasteiger charge is 2.25. The van der Waals surface area contributed by atoms with Gasteiger partial charge in [0, 0.05) is 16.5 Å². The lowest BCUT2D eigenvalue weighted by Crippen LogP contribution is -2.43. The number of aromatic hydroxyl groups is 1. The summed E-state index contributed by atoms with van der Waals surface area (Å²) in [6, 6.07) is 18.4. The van der Waals surface area contributed by atoms with Crippen LogP contribution >= 0.6 is 15.9 Å². The van der Waals surface area contributed by atoms with Crippen LogP contribution in [0.15, 0.2) is 71.2 Å². The number of ketones is 1. The van der Waals surface area contributed by atoms with Crippen LogP contribution in [0.25, 0.3) is 0 Å². The second-order valence-electron chi connectivity index (χ2n) is 7.46. The smallest absolute Gasteiger partial charge is 0.253 e. The predicted molar refractivity (Wildman–Crippen MR) is 123 cm³/mol. The van der Waals surface area contributed by atoms with Crippen LogP contribution < -0.4 is 14.8 Å². The average Bonchev–Trinajstić information content (AvgIpc) is 2.80. The molecular formula is C25H22BrNO5. The molecule has 3 aromatic carbocycles. The van der Waals surface area contributed by atoms with Crippen molar-refractivity contribution in [3.63, 3.8) is 0 Å². The van der Waals surface area contributed by atoms with Crippen LogP contribution in [0.3, 0.4) is 0 Å². The molecule has 1 amide bonds. The molecule has 0 spiro atoms. The zero-order chi connectivity index (χ0) is 22.5. The molecule has 0 saturated heterocycles. The molecule has 0 fully saturated rings. The van der Waals surface area contributed by atoms with Crippen LogP contribution in [0.4, 0.5) is 0 Å². The Balaban J connectivity index is 1.58. The quantitative estimate of drug-likeness (QED) is 0.515. The molecular weight excluding hydrogens is 474 g/mol. The van der Waals surface area contributed by atoms with Gasteiger partial charge in [-0.2, -0.15) is 0 Å². The molecule has 1 aliphatic rings. The Morgan fingerprint density at radius 3 is 2.50 bits per heavy atom. The Labute approximate surface area is 194 Å². The summed E-state index contributed by atoms with van der Waals surface area (Å²) in [6.45, 7) is 0.893. The van der Waals surface area contributed by atoms with Gasteiger partial charge in [-0.05, 0) is 58.2 Å². The van der Waals surface area contributed by atoms with Crippen molar-refractivity contribution in [2.75, 3.05) is 13.2 Å². The van der Waals surface area contributed by atoms with Crippen LogP contribution in [-0.2, 0) is 17.6 Å². The van der Waals surface area contributed by atoms with Gasteiger partial charge in [0.05, 0.1) is 11.6 Å². The molecule has 4 rings (SSSR count). The van der Waals surface area contributed by atoms with E-state index in [4.69, 9.17) is 9.47 Å². The molecule has 0 aliphatic carbocycles. The molecule has 1 atom stereocenters. The molecule has 1 aliphatic heterocycles. The van der Waals surface area contributed by atoms with Gasteiger partial charge in [0.2, 0.25) is 0 Å². The Hall–Kier alpha value is -3.32. The number of halogens is 1. The van der Waals surface area contributed by atoms with Gasteiger partial charge in [-0.15, -0.1) is 0 Å². The number of fused-ring (bicyclic) bond motifs is 1. The van der Waals surface area contributed by atoms with Crippen molar-refractivity contribution in [1.82, 2.24) is 5.32 Å². The lowest BCUT2D eigenvalue weighted by Gasteiger charge is -2.22. The fourth-order valence-corrected chi connectivity index (χ4v) is 4.04. The monoisotopic (exact) mass is 495 g/mol. The molecule has 0 saturated carbocycles. The zero-order valence-electron chi connectivity index (χ0n) is 17.2. The number of para-hydroxylation sites is 1. The normalized spacial score (nSPS) is 13.3. The maximum absolute atomic E-state index is 13.3. The van der Waals surface area contributed by atoms with Crippen molar-refractivity contribution in [1.29, 1.82) is 0 Å². The second-order valence-corrected chi connectivity index (χ2v) is 8.32. The maximum atomic E-state index is 13.3. The van der Waals surface area contributed by atoms with Gasteiger partial charge < -0.3 is 19.9 Å². The summed E-state index contributed by atoms with van der Waals surface area (Å²) in [5.74, 6) is 0.841. The van der Waals surface area contributed by atoms with E-state index in [1.807, 2.05) is 24.3 Å². The van der Waals surface area contributed by atoms with Crippen molar-refractivity contribution in [3.8, 4) is 17.2 Å². The number of carbonyl (C=O) groups excluding carboxylic acids is 2. The number of hydrogen-bond acceptors (Lipinski definition) is 5. The topological polar surface area (TPSA) is 84.9 Å². The fourth-order valence-electron chi connectivity index (χ4n) is 3.58. The molecule has 0 radical (unpaired) electrons. The van der Waals surface area contributed by atoms with E-state index in [0.717, 1.165) is 11.1 Å². The third-order valence-corrected chi connectivity index (χ3v) is 5.89. The summed E-state index contributed by atoms with van der Waals surface area (Å²) in [7, 11) is 0. The first-order valence-electron chi connectivity index (χ1n) is 10.2.